The van der Waals surface area contributed by atoms with Crippen LogP contribution in [0.1, 0.15) is 173 Å². The number of benzene rings is 2. The van der Waals surface area contributed by atoms with Gasteiger partial charge in [0.05, 0.1) is 17.7 Å². The van der Waals surface area contributed by atoms with Gasteiger partial charge in [0, 0.05) is 41.3 Å². The predicted molar refractivity (Wildman–Crippen MR) is 219 cm³/mol. The molecule has 1 unspecified atom stereocenters. The fourth-order valence-corrected chi connectivity index (χ4v) is 10.2. The number of allylic oxidation sites excluding steroid dienone is 4. The Kier molecular flexibility index (Phi) is 12.8. The number of rotatable bonds is 15. The maximum atomic E-state index is 13.5. The number of hydrazine groups is 1. The van der Waals surface area contributed by atoms with Gasteiger partial charge >= 0.3 is 0 Å². The summed E-state index contributed by atoms with van der Waals surface area (Å²) < 4.78 is 13.7. The lowest BCUT2D eigenvalue weighted by Gasteiger charge is -2.49. The van der Waals surface area contributed by atoms with Crippen molar-refractivity contribution in [3.8, 4) is 23.0 Å². The van der Waals surface area contributed by atoms with Crippen molar-refractivity contribution >= 4 is 11.8 Å². The highest BCUT2D eigenvalue weighted by Gasteiger charge is 2.50. The summed E-state index contributed by atoms with van der Waals surface area (Å²) in [6.07, 6.45) is 16.9. The molecule has 2 aromatic carbocycles. The van der Waals surface area contributed by atoms with E-state index < -0.39 is 17.1 Å². The van der Waals surface area contributed by atoms with Gasteiger partial charge in [-0.2, -0.15) is 0 Å². The fourth-order valence-electron chi connectivity index (χ4n) is 10.2. The van der Waals surface area contributed by atoms with E-state index in [0.717, 1.165) is 88.2 Å². The molecule has 0 fully saturated rings. The standard InChI is InChI=1S/C46H65N3O7/c1-7-9-11-13-29-26-36-39(41(51)37(29)43(53)48-21-22-50)31-23-27(3)15-17-34(31)46(6,56-36)20-19-28-16-18-33-32(24-28)40-35(55-45(33,4)5)25-30(14-12-10-8-2)38(42(40)52)44(54)49-47/h23-26,31-34,50-52H,7-22,47H2,1-6H3,(H,48,53)(H,49,54)/t31-,32-,33-,34-,46?/m1/s1. The number of nitrogens with one attached hydrogen (secondary N) is 2. The van der Waals surface area contributed by atoms with Crippen LogP contribution in [0.2, 0.25) is 0 Å². The van der Waals surface area contributed by atoms with Crippen LogP contribution in [0.3, 0.4) is 0 Å². The van der Waals surface area contributed by atoms with Crippen molar-refractivity contribution in [1.29, 1.82) is 0 Å². The SMILES string of the molecule is CCCCCc1cc2c(c(O)c1C(=O)NN)[C@@H]1C=C(CCC3(C)Oc4cc(CCCCC)c(C(=O)NCCO)c(O)c4[C@@H]4C=C(C)CC[C@H]43)CC[C@H]1C(C)(C)O2. The molecule has 7 N–H and O–H groups in total. The topological polar surface area (TPSA) is 163 Å². The third-order valence-electron chi connectivity index (χ3n) is 13.2. The van der Waals surface area contributed by atoms with Crippen LogP contribution in [0.25, 0.3) is 0 Å². The van der Waals surface area contributed by atoms with Gasteiger partial charge in [-0.05, 0) is 115 Å². The number of fused-ring (bicyclic) bond motifs is 6. The quantitative estimate of drug-likeness (QED) is 0.0345. The number of nitrogen functional groups attached to an aromatic ring is 1. The predicted octanol–water partition coefficient (Wildman–Crippen LogP) is 8.55. The van der Waals surface area contributed by atoms with Crippen LogP contribution in [0, 0.1) is 11.8 Å². The van der Waals surface area contributed by atoms with Crippen molar-refractivity contribution in [2.45, 2.75) is 154 Å². The molecule has 0 saturated carbocycles. The van der Waals surface area contributed by atoms with Crippen molar-refractivity contribution < 1.29 is 34.4 Å². The van der Waals surface area contributed by atoms with Gasteiger partial charge in [0.15, 0.2) is 0 Å². The lowest BCUT2D eigenvalue weighted by molar-refractivity contribution is -0.0139. The zero-order valence-corrected chi connectivity index (χ0v) is 34.5. The minimum absolute atomic E-state index is 0.00900. The van der Waals surface area contributed by atoms with E-state index in [1.165, 1.54) is 11.1 Å². The van der Waals surface area contributed by atoms with Crippen molar-refractivity contribution in [1.82, 2.24) is 10.7 Å². The monoisotopic (exact) mass is 771 g/mol. The van der Waals surface area contributed by atoms with Gasteiger partial charge < -0.3 is 30.1 Å². The van der Waals surface area contributed by atoms with Gasteiger partial charge in [0.2, 0.25) is 0 Å². The Balaban J connectivity index is 1.35. The Bertz CT molecular complexity index is 1870. The molecule has 56 heavy (non-hydrogen) atoms. The molecule has 4 aliphatic rings. The molecule has 306 valence electrons. The third kappa shape index (κ3) is 8.06. The molecule has 0 aromatic heterocycles. The first-order valence-electron chi connectivity index (χ1n) is 21.2. The maximum Gasteiger partial charge on any atom is 0.269 e. The minimum Gasteiger partial charge on any atom is -0.507 e. The molecule has 2 aromatic rings. The Labute approximate surface area is 333 Å². The van der Waals surface area contributed by atoms with E-state index in [1.54, 1.807) is 0 Å². The molecule has 2 heterocycles. The van der Waals surface area contributed by atoms with Gasteiger partial charge in [-0.25, -0.2) is 5.84 Å². The molecular weight excluding hydrogens is 707 g/mol. The first-order chi connectivity index (χ1) is 26.8. The molecule has 10 nitrogen and oxygen atoms in total. The second-order valence-electron chi connectivity index (χ2n) is 17.5. The number of carbonyl (C=O) groups excluding carboxylic acids is 2. The van der Waals surface area contributed by atoms with Crippen molar-refractivity contribution in [3.05, 3.63) is 68.8 Å². The number of hydrogen-bond acceptors (Lipinski definition) is 8. The highest BCUT2D eigenvalue weighted by molar-refractivity contribution is 6.00. The summed E-state index contributed by atoms with van der Waals surface area (Å²) in [6.45, 7) is 12.8. The van der Waals surface area contributed by atoms with Crippen LogP contribution in [-0.2, 0) is 12.8 Å². The van der Waals surface area contributed by atoms with E-state index in [1.807, 2.05) is 12.1 Å². The molecule has 0 radical (unpaired) electrons. The average molecular weight is 772 g/mol. The van der Waals surface area contributed by atoms with Gasteiger partial charge in [-0.3, -0.25) is 15.0 Å². The lowest BCUT2D eigenvalue weighted by atomic mass is 9.64. The van der Waals surface area contributed by atoms with Crippen molar-refractivity contribution in [2.75, 3.05) is 13.2 Å². The van der Waals surface area contributed by atoms with Crippen LogP contribution in [0.4, 0.5) is 0 Å². The van der Waals surface area contributed by atoms with E-state index in [-0.39, 0.29) is 59.8 Å². The number of unbranched alkanes of at least 4 members (excludes halogenated alkanes) is 4. The Morgan fingerprint density at radius 3 is 1.96 bits per heavy atom. The Morgan fingerprint density at radius 1 is 0.804 bits per heavy atom. The number of aliphatic hydroxyl groups is 1. The van der Waals surface area contributed by atoms with Gasteiger partial charge in [0.1, 0.15) is 34.2 Å². The summed E-state index contributed by atoms with van der Waals surface area (Å²) in [7, 11) is 0. The lowest BCUT2D eigenvalue weighted by Crippen LogP contribution is -2.48. The van der Waals surface area contributed by atoms with E-state index in [4.69, 9.17) is 15.3 Å². The third-order valence-corrected chi connectivity index (χ3v) is 13.2. The molecule has 2 aliphatic heterocycles. The summed E-state index contributed by atoms with van der Waals surface area (Å²) in [5.74, 6) is 5.94. The largest absolute Gasteiger partial charge is 0.507 e. The first kappa shape index (κ1) is 41.6. The van der Waals surface area contributed by atoms with Crippen LogP contribution in [0.15, 0.2) is 35.4 Å². The first-order valence-corrected chi connectivity index (χ1v) is 21.2. The average Bonchev–Trinajstić information content (AvgIpc) is 3.15. The number of aliphatic hydroxyl groups excluding tert-OH is 1. The minimum atomic E-state index is -0.547. The summed E-state index contributed by atoms with van der Waals surface area (Å²) in [5.41, 5.74) is 7.19. The Morgan fingerprint density at radius 2 is 1.38 bits per heavy atom. The van der Waals surface area contributed by atoms with E-state index in [9.17, 15) is 24.9 Å². The second kappa shape index (κ2) is 17.2. The van der Waals surface area contributed by atoms with E-state index >= 15 is 0 Å². The molecule has 2 amide bonds. The van der Waals surface area contributed by atoms with E-state index in [2.05, 4.69) is 64.4 Å². The van der Waals surface area contributed by atoms with Crippen LogP contribution in [0.5, 0.6) is 23.0 Å². The smallest absolute Gasteiger partial charge is 0.269 e. The molecule has 6 rings (SSSR count). The number of aryl methyl sites for hydroxylation is 2. The van der Waals surface area contributed by atoms with Crippen LogP contribution < -0.4 is 26.1 Å². The summed E-state index contributed by atoms with van der Waals surface area (Å²) in [6, 6.07) is 3.95. The number of phenols is 2. The summed E-state index contributed by atoms with van der Waals surface area (Å²) in [4.78, 5) is 26.6. The molecular formula is C46H65N3O7. The second-order valence-corrected chi connectivity index (χ2v) is 17.5. The number of hydrogen-bond donors (Lipinski definition) is 6. The number of ether oxygens (including phenoxy) is 2. The number of amides is 2. The zero-order chi connectivity index (χ0) is 40.4. The van der Waals surface area contributed by atoms with Gasteiger partial charge in [0.25, 0.3) is 11.8 Å². The normalized spacial score (nSPS) is 24.6. The molecule has 0 saturated heterocycles. The number of carbonyl (C=O) groups is 2. The number of aromatic hydroxyl groups is 2. The van der Waals surface area contributed by atoms with E-state index in [0.29, 0.717) is 41.0 Å². The molecule has 2 aliphatic carbocycles. The molecule has 10 heteroatoms. The zero-order valence-electron chi connectivity index (χ0n) is 34.5. The number of nitrogens with two attached hydrogens (primary N) is 1. The van der Waals surface area contributed by atoms with Crippen LogP contribution in [-0.4, -0.2) is 51.5 Å². The van der Waals surface area contributed by atoms with Crippen molar-refractivity contribution in [2.24, 2.45) is 17.7 Å². The van der Waals surface area contributed by atoms with Gasteiger partial charge in [-0.15, -0.1) is 0 Å². The molecule has 5 atom stereocenters. The molecule has 0 bridgehead atoms. The Hall–Kier alpha value is -4.02. The summed E-state index contributed by atoms with van der Waals surface area (Å²) >= 11 is 0. The fraction of sp³-hybridized carbons (Fsp3) is 0.609. The number of phenolic OH excluding ortho intramolecular Hbond substituents is 2. The highest BCUT2D eigenvalue weighted by Crippen LogP contribution is 2.58. The molecule has 0 spiro atoms. The highest BCUT2D eigenvalue weighted by atomic mass is 16.5. The van der Waals surface area contributed by atoms with Gasteiger partial charge in [-0.1, -0.05) is 62.8 Å². The van der Waals surface area contributed by atoms with Crippen LogP contribution >= 0.6 is 0 Å². The summed E-state index contributed by atoms with van der Waals surface area (Å²) in [5, 5.41) is 36.1. The maximum absolute atomic E-state index is 13.5. The van der Waals surface area contributed by atoms with Crippen molar-refractivity contribution in [3.63, 3.8) is 0 Å².